The van der Waals surface area contributed by atoms with Crippen LogP contribution in [0.5, 0.6) is 5.75 Å². The summed E-state index contributed by atoms with van der Waals surface area (Å²) >= 11 is 0. The van der Waals surface area contributed by atoms with Gasteiger partial charge in [0.15, 0.2) is 0 Å². The van der Waals surface area contributed by atoms with Gasteiger partial charge in [0.05, 0.1) is 18.2 Å². The van der Waals surface area contributed by atoms with E-state index in [1.807, 2.05) is 38.1 Å². The molecule has 1 atom stereocenters. The Morgan fingerprint density at radius 3 is 2.29 bits per heavy atom. The van der Waals surface area contributed by atoms with E-state index < -0.39 is 17.7 Å². The number of aliphatic hydroxyl groups is 1. The SMILES string of the molecule is CCOc1ccc(C(O)=C2C(=O)C(=O)N(c3ncccn3)[C@@H]2c2ccc(C)cc2)cc1. The molecule has 1 amide bonds. The molecule has 7 heteroatoms. The molecular formula is C24H21N3O4. The van der Waals surface area contributed by atoms with Crippen molar-refractivity contribution in [2.75, 3.05) is 11.5 Å². The number of hydrogen-bond acceptors (Lipinski definition) is 6. The highest BCUT2D eigenvalue weighted by Gasteiger charge is 2.48. The monoisotopic (exact) mass is 415 g/mol. The largest absolute Gasteiger partial charge is 0.507 e. The number of benzene rings is 2. The van der Waals surface area contributed by atoms with Crippen LogP contribution in [0.25, 0.3) is 5.76 Å². The van der Waals surface area contributed by atoms with Crippen molar-refractivity contribution < 1.29 is 19.4 Å². The van der Waals surface area contributed by atoms with Crippen molar-refractivity contribution in [3.05, 3.63) is 89.3 Å². The zero-order valence-corrected chi connectivity index (χ0v) is 17.1. The minimum absolute atomic E-state index is 0.00883. The number of amides is 1. The Balaban J connectivity index is 1.88. The summed E-state index contributed by atoms with van der Waals surface area (Å²) in [5.74, 6) is -1.09. The topological polar surface area (TPSA) is 92.6 Å². The predicted molar refractivity (Wildman–Crippen MR) is 116 cm³/mol. The molecule has 3 aromatic rings. The first-order valence-electron chi connectivity index (χ1n) is 9.89. The van der Waals surface area contributed by atoms with Gasteiger partial charge >= 0.3 is 5.91 Å². The first kappa shape index (κ1) is 20.3. The van der Waals surface area contributed by atoms with Crippen LogP contribution in [0.1, 0.15) is 29.7 Å². The van der Waals surface area contributed by atoms with Crippen molar-refractivity contribution in [1.82, 2.24) is 9.97 Å². The number of carbonyl (C=O) groups excluding carboxylic acids is 2. The third-order valence-electron chi connectivity index (χ3n) is 5.04. The summed E-state index contributed by atoms with van der Waals surface area (Å²) in [4.78, 5) is 35.6. The predicted octanol–water partition coefficient (Wildman–Crippen LogP) is 3.81. The van der Waals surface area contributed by atoms with Gasteiger partial charge in [-0.25, -0.2) is 9.97 Å². The van der Waals surface area contributed by atoms with Crippen molar-refractivity contribution in [3.63, 3.8) is 0 Å². The molecule has 1 N–H and O–H groups in total. The Morgan fingerprint density at radius 1 is 1.03 bits per heavy atom. The Labute approximate surface area is 179 Å². The second-order valence-corrected chi connectivity index (χ2v) is 7.09. The number of nitrogens with zero attached hydrogens (tertiary/aromatic N) is 3. The van der Waals surface area contributed by atoms with Crippen LogP contribution in [0, 0.1) is 6.92 Å². The fraction of sp³-hybridized carbons (Fsp3) is 0.167. The van der Waals surface area contributed by atoms with Crippen molar-refractivity contribution >= 4 is 23.4 Å². The van der Waals surface area contributed by atoms with Crippen LogP contribution in [0.3, 0.4) is 0 Å². The normalized spacial score (nSPS) is 17.7. The van der Waals surface area contributed by atoms with Crippen LogP contribution in [-0.2, 0) is 9.59 Å². The number of Topliss-reactive ketones (excluding diaryl/α,β-unsaturated/α-hetero) is 1. The maximum absolute atomic E-state index is 13.0. The fourth-order valence-corrected chi connectivity index (χ4v) is 3.55. The lowest BCUT2D eigenvalue weighted by Crippen LogP contribution is -2.31. The first-order chi connectivity index (χ1) is 15.0. The van der Waals surface area contributed by atoms with E-state index in [1.54, 1.807) is 30.3 Å². The molecule has 1 aliphatic rings. The molecule has 2 aromatic carbocycles. The van der Waals surface area contributed by atoms with Gasteiger partial charge in [-0.3, -0.25) is 14.5 Å². The lowest BCUT2D eigenvalue weighted by molar-refractivity contribution is -0.132. The van der Waals surface area contributed by atoms with Gasteiger partial charge in [-0.1, -0.05) is 29.8 Å². The van der Waals surface area contributed by atoms with Gasteiger partial charge in [0, 0.05) is 18.0 Å². The fourth-order valence-electron chi connectivity index (χ4n) is 3.55. The highest BCUT2D eigenvalue weighted by Crippen LogP contribution is 2.41. The smallest absolute Gasteiger partial charge is 0.302 e. The van der Waals surface area contributed by atoms with E-state index in [9.17, 15) is 14.7 Å². The van der Waals surface area contributed by atoms with E-state index >= 15 is 0 Å². The number of aryl methyl sites for hydroxylation is 1. The lowest BCUT2D eigenvalue weighted by atomic mass is 9.95. The average Bonchev–Trinajstić information content (AvgIpc) is 3.06. The molecule has 1 aromatic heterocycles. The van der Waals surface area contributed by atoms with Gasteiger partial charge in [-0.15, -0.1) is 0 Å². The quantitative estimate of drug-likeness (QED) is 0.387. The Bertz CT molecular complexity index is 1140. The summed E-state index contributed by atoms with van der Waals surface area (Å²) < 4.78 is 5.44. The van der Waals surface area contributed by atoms with Crippen molar-refractivity contribution in [2.24, 2.45) is 0 Å². The number of ether oxygens (including phenoxy) is 1. The number of rotatable bonds is 5. The molecule has 2 heterocycles. The summed E-state index contributed by atoms with van der Waals surface area (Å²) in [7, 11) is 0. The lowest BCUT2D eigenvalue weighted by Gasteiger charge is -2.23. The number of aromatic nitrogens is 2. The van der Waals surface area contributed by atoms with E-state index in [4.69, 9.17) is 4.74 Å². The molecular weight excluding hydrogens is 394 g/mol. The molecule has 7 nitrogen and oxygen atoms in total. The number of ketones is 1. The van der Waals surface area contributed by atoms with Crippen LogP contribution in [-0.4, -0.2) is 33.4 Å². The number of hydrogen-bond donors (Lipinski definition) is 1. The number of carbonyl (C=O) groups is 2. The molecule has 1 saturated heterocycles. The Morgan fingerprint density at radius 2 is 1.68 bits per heavy atom. The molecule has 156 valence electrons. The minimum Gasteiger partial charge on any atom is -0.507 e. The van der Waals surface area contributed by atoms with Gasteiger partial charge < -0.3 is 9.84 Å². The molecule has 31 heavy (non-hydrogen) atoms. The van der Waals surface area contributed by atoms with Crippen LogP contribution in [0.15, 0.2) is 72.6 Å². The first-order valence-corrected chi connectivity index (χ1v) is 9.89. The summed E-state index contributed by atoms with van der Waals surface area (Å²) in [6.07, 6.45) is 3.00. The molecule has 1 fully saturated rings. The van der Waals surface area contributed by atoms with Gasteiger partial charge in [-0.2, -0.15) is 0 Å². The van der Waals surface area contributed by atoms with E-state index in [0.717, 1.165) is 5.56 Å². The Kier molecular flexibility index (Phi) is 5.49. The van der Waals surface area contributed by atoms with E-state index in [2.05, 4.69) is 9.97 Å². The summed E-state index contributed by atoms with van der Waals surface area (Å²) in [6.45, 7) is 4.34. The van der Waals surface area contributed by atoms with E-state index in [-0.39, 0.29) is 17.3 Å². The van der Waals surface area contributed by atoms with Gasteiger partial charge in [-0.05, 0) is 49.7 Å². The molecule has 4 rings (SSSR count). The number of aliphatic hydroxyl groups excluding tert-OH is 1. The minimum atomic E-state index is -0.852. The highest BCUT2D eigenvalue weighted by atomic mass is 16.5. The average molecular weight is 415 g/mol. The molecule has 0 radical (unpaired) electrons. The van der Waals surface area contributed by atoms with Crippen LogP contribution >= 0.6 is 0 Å². The zero-order valence-electron chi connectivity index (χ0n) is 17.1. The van der Waals surface area contributed by atoms with Gasteiger partial charge in [0.1, 0.15) is 11.5 Å². The maximum Gasteiger partial charge on any atom is 0.302 e. The summed E-state index contributed by atoms with van der Waals surface area (Å²) in [5, 5.41) is 11.1. The molecule has 1 aliphatic heterocycles. The molecule has 0 aliphatic carbocycles. The molecule has 0 saturated carbocycles. The van der Waals surface area contributed by atoms with Crippen molar-refractivity contribution in [3.8, 4) is 5.75 Å². The summed E-state index contributed by atoms with van der Waals surface area (Å²) in [5.41, 5.74) is 2.10. The van der Waals surface area contributed by atoms with Crippen molar-refractivity contribution in [1.29, 1.82) is 0 Å². The van der Waals surface area contributed by atoms with Crippen LogP contribution in [0.4, 0.5) is 5.95 Å². The Hall–Kier alpha value is -4.00. The maximum atomic E-state index is 13.0. The third kappa shape index (κ3) is 3.77. The second-order valence-electron chi connectivity index (χ2n) is 7.09. The third-order valence-corrected chi connectivity index (χ3v) is 5.04. The van der Waals surface area contributed by atoms with Crippen LogP contribution in [0.2, 0.25) is 0 Å². The van der Waals surface area contributed by atoms with Gasteiger partial charge in [0.2, 0.25) is 5.95 Å². The molecule has 0 unspecified atom stereocenters. The van der Waals surface area contributed by atoms with E-state index in [1.165, 1.54) is 17.3 Å². The zero-order chi connectivity index (χ0) is 22.0. The molecule has 0 bridgehead atoms. The number of anilines is 1. The highest BCUT2D eigenvalue weighted by molar-refractivity contribution is 6.51. The second kappa shape index (κ2) is 8.39. The molecule has 0 spiro atoms. The summed E-state index contributed by atoms with van der Waals surface area (Å²) in [6, 6.07) is 14.9. The van der Waals surface area contributed by atoms with E-state index in [0.29, 0.717) is 23.5 Å². The van der Waals surface area contributed by atoms with Gasteiger partial charge in [0.25, 0.3) is 5.78 Å². The standard InChI is InChI=1S/C24H21N3O4/c1-3-31-18-11-9-17(10-12-18)21(28)19-20(16-7-5-15(2)6-8-16)27(23(30)22(19)29)24-25-13-4-14-26-24/h4-14,20,28H,3H2,1-2H3/t20-/m1/s1. The van der Waals surface area contributed by atoms with Crippen LogP contribution < -0.4 is 9.64 Å². The van der Waals surface area contributed by atoms with Crippen molar-refractivity contribution in [2.45, 2.75) is 19.9 Å².